The van der Waals surface area contributed by atoms with Gasteiger partial charge in [0.25, 0.3) is 11.8 Å². The number of carbonyl (C=O) groups excluding carboxylic acids is 2. The maximum atomic E-state index is 10.7. The van der Waals surface area contributed by atoms with E-state index in [0.717, 1.165) is 0 Å². The van der Waals surface area contributed by atoms with Crippen LogP contribution in [0.15, 0.2) is 49.1 Å². The van der Waals surface area contributed by atoms with Gasteiger partial charge in [-0.1, -0.05) is 0 Å². The van der Waals surface area contributed by atoms with Crippen LogP contribution >= 0.6 is 0 Å². The molecule has 0 bridgehead atoms. The Kier molecular flexibility index (Phi) is 14.0. The fourth-order valence-electron chi connectivity index (χ4n) is 1.71. The molecule has 0 aliphatic rings. The van der Waals surface area contributed by atoms with Crippen LogP contribution in [0.1, 0.15) is 46.4 Å². The van der Waals surface area contributed by atoms with Crippen molar-refractivity contribution in [1.82, 2.24) is 20.8 Å². The number of rotatable bonds is 7. The standard InChI is InChI=1S/2C6H7N3O.C6H10O4/c2*7-9-6(10)5-2-1-3-8-4-5;7-5(8)3-1-2-4-6(9)10/h2*1-4H,7H2,(H,9,10);1-4H2,(H,7,8)(H,9,10). The normalized spacial score (nSPS) is 9.00. The molecule has 2 rings (SSSR count). The summed E-state index contributed by atoms with van der Waals surface area (Å²) in [6.07, 6.45) is 7.09. The number of pyridine rings is 2. The molecular formula is C18H24N6O6. The quantitative estimate of drug-likeness (QED) is 0.154. The molecule has 0 aliphatic heterocycles. The van der Waals surface area contributed by atoms with E-state index in [2.05, 4.69) is 9.97 Å². The Balaban J connectivity index is 0.000000420. The molecule has 2 amide bonds. The zero-order valence-corrected chi connectivity index (χ0v) is 16.0. The zero-order chi connectivity index (χ0) is 22.8. The summed E-state index contributed by atoms with van der Waals surface area (Å²) in [6, 6.07) is 6.61. The van der Waals surface area contributed by atoms with E-state index >= 15 is 0 Å². The van der Waals surface area contributed by atoms with Crippen molar-refractivity contribution >= 4 is 23.8 Å². The molecule has 0 fully saturated rings. The van der Waals surface area contributed by atoms with Crippen LogP contribution < -0.4 is 22.5 Å². The number of amides is 2. The first kappa shape index (κ1) is 26.1. The fourth-order valence-corrected chi connectivity index (χ4v) is 1.71. The molecule has 0 aromatic carbocycles. The summed E-state index contributed by atoms with van der Waals surface area (Å²) >= 11 is 0. The SMILES string of the molecule is NNC(=O)c1cccnc1.NNC(=O)c1cccnc1.O=C(O)CCCCC(=O)O. The molecule has 162 valence electrons. The van der Waals surface area contributed by atoms with E-state index in [4.69, 9.17) is 21.9 Å². The van der Waals surface area contributed by atoms with Gasteiger partial charge in [0.1, 0.15) is 0 Å². The van der Waals surface area contributed by atoms with Crippen LogP contribution in [0.25, 0.3) is 0 Å². The van der Waals surface area contributed by atoms with Crippen molar-refractivity contribution in [2.24, 2.45) is 11.7 Å². The first-order chi connectivity index (χ1) is 14.3. The smallest absolute Gasteiger partial charge is 0.303 e. The molecule has 2 aromatic rings. The molecule has 12 nitrogen and oxygen atoms in total. The second-order valence-electron chi connectivity index (χ2n) is 5.42. The van der Waals surface area contributed by atoms with Crippen molar-refractivity contribution in [2.45, 2.75) is 25.7 Å². The summed E-state index contributed by atoms with van der Waals surface area (Å²) in [5.74, 6) is 7.36. The molecule has 12 heteroatoms. The van der Waals surface area contributed by atoms with Gasteiger partial charge in [0.05, 0.1) is 11.1 Å². The van der Waals surface area contributed by atoms with E-state index in [0.29, 0.717) is 24.0 Å². The molecule has 0 radical (unpaired) electrons. The lowest BCUT2D eigenvalue weighted by Gasteiger charge is -1.95. The molecule has 8 N–H and O–H groups in total. The summed E-state index contributed by atoms with van der Waals surface area (Å²) in [7, 11) is 0. The number of carbonyl (C=O) groups is 4. The molecule has 0 saturated carbocycles. The van der Waals surface area contributed by atoms with Crippen LogP contribution in [0.3, 0.4) is 0 Å². The Labute approximate surface area is 172 Å². The first-order valence-corrected chi connectivity index (χ1v) is 8.57. The fraction of sp³-hybridized carbons (Fsp3) is 0.222. The third kappa shape index (κ3) is 13.3. The van der Waals surface area contributed by atoms with Crippen LogP contribution in [0, 0.1) is 0 Å². The van der Waals surface area contributed by atoms with Crippen LogP contribution in [0.5, 0.6) is 0 Å². The number of unbranched alkanes of at least 4 members (excludes halogenated alkanes) is 1. The van der Waals surface area contributed by atoms with Gasteiger partial charge in [-0.25, -0.2) is 11.7 Å². The number of nitrogens with zero attached hydrogens (tertiary/aromatic N) is 2. The summed E-state index contributed by atoms with van der Waals surface area (Å²) in [5, 5.41) is 16.3. The predicted octanol–water partition coefficient (Wildman–Crippen LogP) is 0.0862. The number of nitrogen functional groups attached to an aromatic ring is 2. The van der Waals surface area contributed by atoms with E-state index in [1.807, 2.05) is 10.9 Å². The molecule has 0 saturated heterocycles. The van der Waals surface area contributed by atoms with E-state index < -0.39 is 11.9 Å². The van der Waals surface area contributed by atoms with E-state index in [1.165, 1.54) is 12.4 Å². The maximum absolute atomic E-state index is 10.7. The molecule has 0 unspecified atom stereocenters. The van der Waals surface area contributed by atoms with E-state index in [1.54, 1.807) is 36.7 Å². The number of hydrogen-bond acceptors (Lipinski definition) is 8. The third-order valence-corrected chi connectivity index (χ3v) is 3.14. The molecule has 0 atom stereocenters. The van der Waals surface area contributed by atoms with Crippen molar-refractivity contribution < 1.29 is 29.4 Å². The van der Waals surface area contributed by atoms with Crippen molar-refractivity contribution in [3.63, 3.8) is 0 Å². The van der Waals surface area contributed by atoms with Gasteiger partial charge < -0.3 is 10.2 Å². The van der Waals surface area contributed by atoms with Gasteiger partial charge in [0, 0.05) is 37.6 Å². The number of hydrazine groups is 2. The predicted molar refractivity (Wildman–Crippen MR) is 106 cm³/mol. The molecule has 0 spiro atoms. The zero-order valence-electron chi connectivity index (χ0n) is 16.0. The number of hydrogen-bond donors (Lipinski definition) is 6. The second-order valence-corrected chi connectivity index (χ2v) is 5.42. The molecule has 0 aliphatic carbocycles. The Bertz CT molecular complexity index is 721. The average Bonchev–Trinajstić information content (AvgIpc) is 2.77. The highest BCUT2D eigenvalue weighted by Crippen LogP contribution is 1.98. The largest absolute Gasteiger partial charge is 0.481 e. The topological polar surface area (TPSA) is 211 Å². The molecule has 2 heterocycles. The van der Waals surface area contributed by atoms with Gasteiger partial charge in [-0.3, -0.25) is 40.0 Å². The minimum atomic E-state index is -0.870. The van der Waals surface area contributed by atoms with Gasteiger partial charge >= 0.3 is 11.9 Å². The Morgan fingerprint density at radius 2 is 1.13 bits per heavy atom. The van der Waals surface area contributed by atoms with Crippen LogP contribution in [-0.2, 0) is 9.59 Å². The third-order valence-electron chi connectivity index (χ3n) is 3.14. The summed E-state index contributed by atoms with van der Waals surface area (Å²) in [5.41, 5.74) is 4.93. The summed E-state index contributed by atoms with van der Waals surface area (Å²) < 4.78 is 0. The van der Waals surface area contributed by atoms with Crippen molar-refractivity contribution in [1.29, 1.82) is 0 Å². The summed E-state index contributed by atoms with van der Waals surface area (Å²) in [6.45, 7) is 0. The number of nitrogens with two attached hydrogens (primary N) is 2. The van der Waals surface area contributed by atoms with Crippen molar-refractivity contribution in [2.75, 3.05) is 0 Å². The number of nitrogens with one attached hydrogen (secondary N) is 2. The lowest BCUT2D eigenvalue weighted by atomic mass is 10.2. The van der Waals surface area contributed by atoms with Gasteiger partial charge in [0.2, 0.25) is 0 Å². The maximum Gasteiger partial charge on any atom is 0.303 e. The van der Waals surface area contributed by atoms with Crippen LogP contribution in [-0.4, -0.2) is 43.9 Å². The number of aliphatic carboxylic acids is 2. The molecular weight excluding hydrogens is 396 g/mol. The summed E-state index contributed by atoms with van der Waals surface area (Å²) in [4.78, 5) is 48.7. The second kappa shape index (κ2) is 16.1. The average molecular weight is 420 g/mol. The minimum Gasteiger partial charge on any atom is -0.481 e. The van der Waals surface area contributed by atoms with Gasteiger partial charge in [0.15, 0.2) is 0 Å². The number of carboxylic acid groups (broad SMARTS) is 2. The molecule has 30 heavy (non-hydrogen) atoms. The van der Waals surface area contributed by atoms with E-state index in [9.17, 15) is 19.2 Å². The Morgan fingerprint density at radius 3 is 1.37 bits per heavy atom. The Morgan fingerprint density at radius 1 is 0.767 bits per heavy atom. The van der Waals surface area contributed by atoms with E-state index in [-0.39, 0.29) is 24.7 Å². The van der Waals surface area contributed by atoms with Gasteiger partial charge in [-0.05, 0) is 37.1 Å². The number of aromatic nitrogens is 2. The van der Waals surface area contributed by atoms with Crippen molar-refractivity contribution in [3.8, 4) is 0 Å². The van der Waals surface area contributed by atoms with Gasteiger partial charge in [-0.15, -0.1) is 0 Å². The highest BCUT2D eigenvalue weighted by molar-refractivity contribution is 5.93. The minimum absolute atomic E-state index is 0.0628. The van der Waals surface area contributed by atoms with Crippen molar-refractivity contribution in [3.05, 3.63) is 60.2 Å². The lowest BCUT2D eigenvalue weighted by molar-refractivity contribution is -0.139. The monoisotopic (exact) mass is 420 g/mol. The van der Waals surface area contributed by atoms with Crippen LogP contribution in [0.2, 0.25) is 0 Å². The molecule has 2 aromatic heterocycles. The number of carboxylic acids is 2. The first-order valence-electron chi connectivity index (χ1n) is 8.57. The highest BCUT2D eigenvalue weighted by atomic mass is 16.4. The van der Waals surface area contributed by atoms with Gasteiger partial charge in [-0.2, -0.15) is 0 Å². The Hall–Kier alpha value is -3.90. The van der Waals surface area contributed by atoms with Crippen LogP contribution in [0.4, 0.5) is 0 Å². The highest BCUT2D eigenvalue weighted by Gasteiger charge is 2.00. The lowest BCUT2D eigenvalue weighted by Crippen LogP contribution is -2.29.